The maximum atomic E-state index is 13.3. The summed E-state index contributed by atoms with van der Waals surface area (Å²) >= 11 is 0. The zero-order valence-electron chi connectivity index (χ0n) is 19.1. The first kappa shape index (κ1) is 23.5. The smallest absolute Gasteiger partial charge is 0.278 e. The molecule has 0 fully saturated rings. The lowest BCUT2D eigenvalue weighted by Gasteiger charge is -2.15. The van der Waals surface area contributed by atoms with Crippen LogP contribution in [-0.2, 0) is 14.3 Å². The molecule has 2 aromatic rings. The van der Waals surface area contributed by atoms with Crippen LogP contribution in [-0.4, -0.2) is 43.1 Å². The monoisotopic (exact) mass is 436 g/mol. The Balaban J connectivity index is 1.80. The van der Waals surface area contributed by atoms with Gasteiger partial charge in [-0.15, -0.1) is 0 Å². The van der Waals surface area contributed by atoms with Crippen LogP contribution in [0.1, 0.15) is 44.2 Å². The molecule has 2 aromatic carbocycles. The van der Waals surface area contributed by atoms with Crippen molar-refractivity contribution in [1.82, 2.24) is 4.90 Å². The number of imide groups is 1. The summed E-state index contributed by atoms with van der Waals surface area (Å²) in [6.07, 6.45) is 2.70. The fourth-order valence-corrected chi connectivity index (χ4v) is 3.50. The summed E-state index contributed by atoms with van der Waals surface area (Å²) in [5, 5.41) is 3.18. The van der Waals surface area contributed by atoms with E-state index in [2.05, 4.69) is 12.2 Å². The predicted octanol–water partition coefficient (Wildman–Crippen LogP) is 4.79. The molecule has 1 N–H and O–H groups in total. The Morgan fingerprint density at radius 3 is 2.22 bits per heavy atom. The molecule has 0 atom stereocenters. The van der Waals surface area contributed by atoms with Crippen LogP contribution >= 0.6 is 0 Å². The summed E-state index contributed by atoms with van der Waals surface area (Å²) in [5.74, 6) is 0.165. The Morgan fingerprint density at radius 2 is 1.56 bits per heavy atom. The quantitative estimate of drug-likeness (QED) is 0.383. The molecule has 1 aliphatic rings. The average molecular weight is 437 g/mol. The molecule has 2 amide bonds. The molecule has 0 aliphatic carbocycles. The van der Waals surface area contributed by atoms with Crippen LogP contribution in [0.3, 0.4) is 0 Å². The molecular weight excluding hydrogens is 404 g/mol. The van der Waals surface area contributed by atoms with Gasteiger partial charge in [-0.05, 0) is 56.5 Å². The number of nitrogens with zero attached hydrogens (tertiary/aromatic N) is 1. The van der Waals surface area contributed by atoms with Crippen molar-refractivity contribution in [3.8, 4) is 5.75 Å². The highest BCUT2D eigenvalue weighted by atomic mass is 16.5. The third-order valence-electron chi connectivity index (χ3n) is 5.26. The minimum Gasteiger partial charge on any atom is -0.494 e. The van der Waals surface area contributed by atoms with Crippen molar-refractivity contribution in [2.24, 2.45) is 0 Å². The molecule has 32 heavy (non-hydrogen) atoms. The SMILES string of the molecule is CCCCOCCCN1C(=O)C(Nc2ccc(OCC)cc2)=C(c2ccc(C)cc2)C1=O. The van der Waals surface area contributed by atoms with Crippen molar-refractivity contribution in [2.45, 2.75) is 40.0 Å². The predicted molar refractivity (Wildman–Crippen MR) is 126 cm³/mol. The van der Waals surface area contributed by atoms with Crippen molar-refractivity contribution in [3.05, 3.63) is 65.4 Å². The van der Waals surface area contributed by atoms with E-state index >= 15 is 0 Å². The van der Waals surface area contributed by atoms with Crippen LogP contribution in [0, 0.1) is 6.92 Å². The maximum Gasteiger partial charge on any atom is 0.278 e. The third-order valence-corrected chi connectivity index (χ3v) is 5.26. The number of ether oxygens (including phenoxy) is 2. The van der Waals surface area contributed by atoms with Crippen molar-refractivity contribution in [2.75, 3.05) is 31.7 Å². The standard InChI is InChI=1S/C26H32N2O4/c1-4-6-17-31-18-7-16-28-25(29)23(20-10-8-19(3)9-11-20)24(26(28)30)27-21-12-14-22(15-13-21)32-5-2/h8-15,27H,4-7,16-18H2,1-3H3. The van der Waals surface area contributed by atoms with Crippen LogP contribution in [0.5, 0.6) is 5.75 Å². The average Bonchev–Trinajstić information content (AvgIpc) is 3.02. The number of carbonyl (C=O) groups is 2. The van der Waals surface area contributed by atoms with E-state index in [4.69, 9.17) is 9.47 Å². The van der Waals surface area contributed by atoms with Gasteiger partial charge in [-0.2, -0.15) is 0 Å². The van der Waals surface area contributed by atoms with Crippen LogP contribution in [0.25, 0.3) is 5.57 Å². The molecule has 0 spiro atoms. The van der Waals surface area contributed by atoms with Crippen LogP contribution < -0.4 is 10.1 Å². The molecule has 1 aliphatic heterocycles. The number of rotatable bonds is 12. The Kier molecular flexibility index (Phi) is 8.45. The van der Waals surface area contributed by atoms with Crippen LogP contribution in [0.15, 0.2) is 54.2 Å². The molecule has 170 valence electrons. The number of amides is 2. The van der Waals surface area contributed by atoms with Crippen LogP contribution in [0.2, 0.25) is 0 Å². The fraction of sp³-hybridized carbons (Fsp3) is 0.385. The zero-order chi connectivity index (χ0) is 22.9. The second-order valence-electron chi connectivity index (χ2n) is 7.78. The molecule has 0 radical (unpaired) electrons. The third kappa shape index (κ3) is 5.77. The Hall–Kier alpha value is -3.12. The van der Waals surface area contributed by atoms with Gasteiger partial charge in [-0.1, -0.05) is 43.2 Å². The zero-order valence-corrected chi connectivity index (χ0v) is 19.1. The second kappa shape index (κ2) is 11.5. The lowest BCUT2D eigenvalue weighted by atomic mass is 10.0. The van der Waals surface area contributed by atoms with Gasteiger partial charge in [0.25, 0.3) is 11.8 Å². The molecule has 1 heterocycles. The van der Waals surface area contributed by atoms with E-state index in [1.54, 1.807) is 0 Å². The Bertz CT molecular complexity index is 949. The van der Waals surface area contributed by atoms with Gasteiger partial charge in [0.1, 0.15) is 11.4 Å². The summed E-state index contributed by atoms with van der Waals surface area (Å²) in [4.78, 5) is 27.8. The molecule has 0 bridgehead atoms. The first-order valence-electron chi connectivity index (χ1n) is 11.3. The number of hydrogen-bond acceptors (Lipinski definition) is 5. The van der Waals surface area contributed by atoms with E-state index in [-0.39, 0.29) is 11.8 Å². The van der Waals surface area contributed by atoms with Gasteiger partial charge in [-0.3, -0.25) is 14.5 Å². The highest BCUT2D eigenvalue weighted by Gasteiger charge is 2.38. The van der Waals surface area contributed by atoms with Gasteiger partial charge >= 0.3 is 0 Å². The molecule has 6 heteroatoms. The summed E-state index contributed by atoms with van der Waals surface area (Å²) in [6.45, 7) is 8.17. The van der Waals surface area contributed by atoms with E-state index in [0.717, 1.165) is 35.4 Å². The van der Waals surface area contributed by atoms with Gasteiger partial charge in [0, 0.05) is 25.4 Å². The Labute approximate surface area is 190 Å². The second-order valence-corrected chi connectivity index (χ2v) is 7.78. The van der Waals surface area contributed by atoms with Crippen molar-refractivity contribution < 1.29 is 19.1 Å². The topological polar surface area (TPSA) is 67.9 Å². The molecule has 6 nitrogen and oxygen atoms in total. The minimum absolute atomic E-state index is 0.277. The van der Waals surface area contributed by atoms with Crippen molar-refractivity contribution in [3.63, 3.8) is 0 Å². The summed E-state index contributed by atoms with van der Waals surface area (Å²) in [6, 6.07) is 15.0. The minimum atomic E-state index is -0.312. The normalized spacial score (nSPS) is 13.8. The van der Waals surface area contributed by atoms with E-state index in [1.165, 1.54) is 4.90 Å². The van der Waals surface area contributed by atoms with E-state index in [9.17, 15) is 9.59 Å². The highest BCUT2D eigenvalue weighted by Crippen LogP contribution is 2.31. The first-order chi connectivity index (χ1) is 15.5. The maximum absolute atomic E-state index is 13.3. The number of anilines is 1. The molecular formula is C26H32N2O4. The largest absolute Gasteiger partial charge is 0.494 e. The molecule has 0 saturated carbocycles. The Morgan fingerprint density at radius 1 is 0.875 bits per heavy atom. The number of benzene rings is 2. The summed E-state index contributed by atoms with van der Waals surface area (Å²) < 4.78 is 11.1. The van der Waals surface area contributed by atoms with Gasteiger partial charge in [0.05, 0.1) is 12.2 Å². The first-order valence-corrected chi connectivity index (χ1v) is 11.3. The lowest BCUT2D eigenvalue weighted by Crippen LogP contribution is -2.34. The highest BCUT2D eigenvalue weighted by molar-refractivity contribution is 6.36. The lowest BCUT2D eigenvalue weighted by molar-refractivity contribution is -0.137. The molecule has 3 rings (SSSR count). The molecule has 0 saturated heterocycles. The van der Waals surface area contributed by atoms with Crippen molar-refractivity contribution in [1.29, 1.82) is 0 Å². The summed E-state index contributed by atoms with van der Waals surface area (Å²) in [5.41, 5.74) is 3.24. The van der Waals surface area contributed by atoms with Gasteiger partial charge < -0.3 is 14.8 Å². The number of aryl methyl sites for hydroxylation is 1. The van der Waals surface area contributed by atoms with Gasteiger partial charge in [0.2, 0.25) is 0 Å². The van der Waals surface area contributed by atoms with Crippen LogP contribution in [0.4, 0.5) is 5.69 Å². The van der Waals surface area contributed by atoms with Crippen molar-refractivity contribution >= 4 is 23.1 Å². The number of unbranched alkanes of at least 4 members (excludes halogenated alkanes) is 1. The van der Waals surface area contributed by atoms with Gasteiger partial charge in [0.15, 0.2) is 0 Å². The van der Waals surface area contributed by atoms with E-state index in [0.29, 0.717) is 44.1 Å². The number of carbonyl (C=O) groups excluding carboxylic acids is 2. The number of nitrogens with one attached hydrogen (secondary N) is 1. The van der Waals surface area contributed by atoms with E-state index < -0.39 is 0 Å². The van der Waals surface area contributed by atoms with E-state index in [1.807, 2.05) is 62.4 Å². The van der Waals surface area contributed by atoms with Gasteiger partial charge in [-0.25, -0.2) is 0 Å². The molecule has 0 aromatic heterocycles. The molecule has 0 unspecified atom stereocenters. The summed E-state index contributed by atoms with van der Waals surface area (Å²) in [7, 11) is 0. The number of hydrogen-bond donors (Lipinski definition) is 1. The fourth-order valence-electron chi connectivity index (χ4n) is 3.50.